The maximum Gasteiger partial charge on any atom is 0.193 e. The Kier molecular flexibility index (Phi) is 4.64. The molecule has 0 radical (unpaired) electrons. The monoisotopic (exact) mass is 316 g/mol. The molecule has 1 aliphatic heterocycles. The van der Waals surface area contributed by atoms with Gasteiger partial charge in [0.15, 0.2) is 5.96 Å². The van der Waals surface area contributed by atoms with Crippen LogP contribution in [-0.2, 0) is 19.5 Å². The summed E-state index contributed by atoms with van der Waals surface area (Å²) in [6.07, 6.45) is 3.82. The lowest BCUT2D eigenvalue weighted by molar-refractivity contribution is 0.348. The van der Waals surface area contributed by atoms with Crippen LogP contribution in [0.5, 0.6) is 0 Å². The molecule has 0 saturated heterocycles. The molecule has 3 rings (SSSR count). The van der Waals surface area contributed by atoms with Crippen LogP contribution in [0.3, 0.4) is 0 Å². The maximum atomic E-state index is 5.39. The van der Waals surface area contributed by atoms with Crippen LogP contribution in [0.1, 0.15) is 23.8 Å². The number of aryl methyl sites for hydroxylation is 2. The van der Waals surface area contributed by atoms with Gasteiger partial charge in [-0.3, -0.25) is 4.99 Å². The van der Waals surface area contributed by atoms with Gasteiger partial charge in [-0.15, -0.1) is 10.2 Å². The quantitative estimate of drug-likeness (QED) is 0.683. The number of rotatable bonds is 4. The molecule has 1 unspecified atom stereocenters. The van der Waals surface area contributed by atoms with Crippen molar-refractivity contribution in [3.63, 3.8) is 0 Å². The summed E-state index contributed by atoms with van der Waals surface area (Å²) in [5.41, 5.74) is 0. The lowest BCUT2D eigenvalue weighted by atomic mass is 9.99. The lowest BCUT2D eigenvalue weighted by Gasteiger charge is -2.27. The minimum Gasteiger partial charge on any atom is -0.467 e. The molecule has 0 spiro atoms. The summed E-state index contributed by atoms with van der Waals surface area (Å²) in [6.45, 7) is 4.58. The van der Waals surface area contributed by atoms with E-state index >= 15 is 0 Å². The van der Waals surface area contributed by atoms with Gasteiger partial charge in [0.1, 0.15) is 17.4 Å². The summed E-state index contributed by atoms with van der Waals surface area (Å²) in [5, 5.41) is 11.9. The van der Waals surface area contributed by atoms with E-state index in [9.17, 15) is 0 Å². The Hall–Kier alpha value is -2.31. The topological polar surface area (TPSA) is 71.5 Å². The number of aromatic nitrogens is 3. The summed E-state index contributed by atoms with van der Waals surface area (Å²) in [6, 6.07) is 3.88. The summed E-state index contributed by atoms with van der Waals surface area (Å²) < 4.78 is 7.62. The number of aliphatic imine (C=N–C) groups is 1. The van der Waals surface area contributed by atoms with Gasteiger partial charge in [-0.1, -0.05) is 0 Å². The van der Waals surface area contributed by atoms with Crippen molar-refractivity contribution >= 4 is 5.96 Å². The largest absolute Gasteiger partial charge is 0.467 e. The van der Waals surface area contributed by atoms with Crippen molar-refractivity contribution in [2.75, 3.05) is 20.6 Å². The zero-order chi connectivity index (χ0) is 16.2. The summed E-state index contributed by atoms with van der Waals surface area (Å²) in [5.74, 6) is 4.48. The van der Waals surface area contributed by atoms with Crippen LogP contribution in [0.25, 0.3) is 0 Å². The standard InChI is InChI=1S/C16H24N6O/c1-12-19-20-15-7-6-13(10-22(12)15)9-18-16(17-2)21(3)11-14-5-4-8-23-14/h4-5,8,13H,6-7,9-11H2,1-3H3,(H,17,18). The molecular formula is C16H24N6O. The Morgan fingerprint density at radius 3 is 3.13 bits per heavy atom. The van der Waals surface area contributed by atoms with Crippen molar-refractivity contribution in [1.82, 2.24) is 25.0 Å². The molecule has 124 valence electrons. The van der Waals surface area contributed by atoms with E-state index in [0.717, 1.165) is 49.3 Å². The summed E-state index contributed by atoms with van der Waals surface area (Å²) in [4.78, 5) is 6.43. The molecule has 0 bridgehead atoms. The van der Waals surface area contributed by atoms with Gasteiger partial charge in [0, 0.05) is 33.6 Å². The van der Waals surface area contributed by atoms with Crippen LogP contribution >= 0.6 is 0 Å². The van der Waals surface area contributed by atoms with Gasteiger partial charge in [0.25, 0.3) is 0 Å². The van der Waals surface area contributed by atoms with Crippen molar-refractivity contribution < 1.29 is 4.42 Å². The Labute approximate surface area is 136 Å². The molecule has 0 saturated carbocycles. The van der Waals surface area contributed by atoms with E-state index in [0.29, 0.717) is 12.5 Å². The summed E-state index contributed by atoms with van der Waals surface area (Å²) >= 11 is 0. The van der Waals surface area contributed by atoms with Crippen molar-refractivity contribution in [3.8, 4) is 0 Å². The molecule has 3 heterocycles. The predicted molar refractivity (Wildman–Crippen MR) is 88.1 cm³/mol. The molecule has 1 aliphatic rings. The molecule has 23 heavy (non-hydrogen) atoms. The van der Waals surface area contributed by atoms with Crippen molar-refractivity contribution in [1.29, 1.82) is 0 Å². The molecule has 0 amide bonds. The van der Waals surface area contributed by atoms with Crippen LogP contribution < -0.4 is 5.32 Å². The highest BCUT2D eigenvalue weighted by Gasteiger charge is 2.22. The zero-order valence-electron chi connectivity index (χ0n) is 14.0. The molecule has 2 aromatic heterocycles. The van der Waals surface area contributed by atoms with Gasteiger partial charge >= 0.3 is 0 Å². The van der Waals surface area contributed by atoms with E-state index in [1.807, 2.05) is 33.2 Å². The van der Waals surface area contributed by atoms with Gasteiger partial charge in [-0.25, -0.2) is 0 Å². The Bertz CT molecular complexity index is 660. The van der Waals surface area contributed by atoms with Crippen LogP contribution in [0, 0.1) is 12.8 Å². The van der Waals surface area contributed by atoms with Gasteiger partial charge in [0.05, 0.1) is 12.8 Å². The zero-order valence-corrected chi connectivity index (χ0v) is 14.0. The highest BCUT2D eigenvalue weighted by Crippen LogP contribution is 2.19. The maximum absolute atomic E-state index is 5.39. The predicted octanol–water partition coefficient (Wildman–Crippen LogP) is 1.45. The van der Waals surface area contributed by atoms with E-state index in [1.54, 1.807) is 6.26 Å². The lowest BCUT2D eigenvalue weighted by Crippen LogP contribution is -2.42. The third kappa shape index (κ3) is 3.55. The minimum atomic E-state index is 0.561. The number of hydrogen-bond donors (Lipinski definition) is 1. The fourth-order valence-electron chi connectivity index (χ4n) is 3.03. The Morgan fingerprint density at radius 2 is 2.39 bits per heavy atom. The average molecular weight is 316 g/mol. The highest BCUT2D eigenvalue weighted by molar-refractivity contribution is 5.79. The highest BCUT2D eigenvalue weighted by atomic mass is 16.3. The van der Waals surface area contributed by atoms with Crippen LogP contribution in [0.15, 0.2) is 27.8 Å². The van der Waals surface area contributed by atoms with Gasteiger partial charge in [-0.05, 0) is 31.4 Å². The third-order valence-corrected chi connectivity index (χ3v) is 4.32. The molecule has 7 nitrogen and oxygen atoms in total. The normalized spacial score (nSPS) is 17.9. The Morgan fingerprint density at radius 1 is 1.52 bits per heavy atom. The smallest absolute Gasteiger partial charge is 0.193 e. The molecule has 1 N–H and O–H groups in total. The van der Waals surface area contributed by atoms with Crippen LogP contribution in [-0.4, -0.2) is 46.3 Å². The van der Waals surface area contributed by atoms with Crippen LogP contribution in [0.2, 0.25) is 0 Å². The summed E-state index contributed by atoms with van der Waals surface area (Å²) in [7, 11) is 3.82. The first-order valence-corrected chi connectivity index (χ1v) is 8.00. The number of nitrogens with one attached hydrogen (secondary N) is 1. The van der Waals surface area contributed by atoms with E-state index in [1.165, 1.54) is 0 Å². The van der Waals surface area contributed by atoms with Crippen molar-refractivity contribution in [2.24, 2.45) is 10.9 Å². The molecule has 1 atom stereocenters. The van der Waals surface area contributed by atoms with Crippen molar-refractivity contribution in [3.05, 3.63) is 35.8 Å². The van der Waals surface area contributed by atoms with Crippen molar-refractivity contribution in [2.45, 2.75) is 32.9 Å². The number of guanidine groups is 1. The van der Waals surface area contributed by atoms with Crippen LogP contribution in [0.4, 0.5) is 0 Å². The van der Waals surface area contributed by atoms with Gasteiger partial charge in [-0.2, -0.15) is 0 Å². The van der Waals surface area contributed by atoms with Gasteiger partial charge in [0.2, 0.25) is 0 Å². The SMILES string of the molecule is CN=C(NCC1CCc2nnc(C)n2C1)N(C)Cc1ccco1. The fourth-order valence-corrected chi connectivity index (χ4v) is 3.03. The molecule has 2 aromatic rings. The number of hydrogen-bond acceptors (Lipinski definition) is 4. The van der Waals surface area contributed by atoms with E-state index in [-0.39, 0.29) is 0 Å². The first kappa shape index (κ1) is 15.6. The van der Waals surface area contributed by atoms with Gasteiger partial charge < -0.3 is 19.2 Å². The average Bonchev–Trinajstić information content (AvgIpc) is 3.18. The number of furan rings is 1. The second-order valence-corrected chi connectivity index (χ2v) is 6.04. The molecule has 0 aliphatic carbocycles. The number of fused-ring (bicyclic) bond motifs is 1. The molecule has 7 heteroatoms. The fraction of sp³-hybridized carbons (Fsp3) is 0.562. The Balaban J connectivity index is 1.53. The molecule has 0 fully saturated rings. The number of nitrogens with zero attached hydrogens (tertiary/aromatic N) is 5. The van der Waals surface area contributed by atoms with E-state index < -0.39 is 0 Å². The minimum absolute atomic E-state index is 0.561. The molecular weight excluding hydrogens is 292 g/mol. The van der Waals surface area contributed by atoms with E-state index in [4.69, 9.17) is 4.42 Å². The third-order valence-electron chi connectivity index (χ3n) is 4.32. The van der Waals surface area contributed by atoms with E-state index in [2.05, 4.69) is 30.0 Å². The molecule has 0 aromatic carbocycles. The first-order valence-electron chi connectivity index (χ1n) is 8.00. The second-order valence-electron chi connectivity index (χ2n) is 6.04. The second kappa shape index (κ2) is 6.85. The first-order chi connectivity index (χ1) is 11.2.